The molecule has 25 heavy (non-hydrogen) atoms. The number of nitrogens with zero attached hydrogens (tertiary/aromatic N) is 1. The van der Waals surface area contributed by atoms with Crippen molar-refractivity contribution >= 4 is 5.91 Å². The van der Waals surface area contributed by atoms with Crippen LogP contribution in [-0.4, -0.2) is 28.0 Å². The van der Waals surface area contributed by atoms with E-state index in [9.17, 15) is 9.90 Å². The highest BCUT2D eigenvalue weighted by Gasteiger charge is 2.20. The number of rotatable bonds is 3. The van der Waals surface area contributed by atoms with Crippen LogP contribution in [0.15, 0.2) is 42.2 Å². The Morgan fingerprint density at radius 3 is 2.40 bits per heavy atom. The lowest BCUT2D eigenvalue weighted by atomic mass is 9.85. The van der Waals surface area contributed by atoms with Gasteiger partial charge in [-0.1, -0.05) is 32.9 Å². The molecule has 136 valence electrons. The topological polar surface area (TPSA) is 52.6 Å². The first-order valence-corrected chi connectivity index (χ1v) is 8.74. The normalized spacial score (nSPS) is 15.1. The van der Waals surface area contributed by atoms with E-state index in [1.165, 1.54) is 0 Å². The van der Waals surface area contributed by atoms with Gasteiger partial charge < -0.3 is 15.3 Å². The van der Waals surface area contributed by atoms with Crippen molar-refractivity contribution in [3.63, 3.8) is 0 Å². The molecule has 4 nitrogen and oxygen atoms in total. The van der Waals surface area contributed by atoms with E-state index < -0.39 is 0 Å². The van der Waals surface area contributed by atoms with Crippen LogP contribution in [0.25, 0.3) is 0 Å². The maximum atomic E-state index is 12.4. The van der Waals surface area contributed by atoms with Gasteiger partial charge in [0.05, 0.1) is 6.42 Å². The third-order valence-electron chi connectivity index (χ3n) is 4.38. The lowest BCUT2D eigenvalue weighted by molar-refractivity contribution is -0.119. The summed E-state index contributed by atoms with van der Waals surface area (Å²) in [5.41, 5.74) is 2.59. The van der Waals surface area contributed by atoms with Gasteiger partial charge in [-0.25, -0.2) is 0 Å². The van der Waals surface area contributed by atoms with Gasteiger partial charge in [0.1, 0.15) is 5.75 Å². The van der Waals surface area contributed by atoms with Crippen LogP contribution >= 0.6 is 0 Å². The molecular formula is C21H30N2O2. The van der Waals surface area contributed by atoms with Crippen molar-refractivity contribution in [2.45, 2.75) is 58.9 Å². The molecule has 0 aromatic heterocycles. The number of carbonyl (C=O) groups excluding carboxylic acids is 1. The van der Waals surface area contributed by atoms with Gasteiger partial charge in [0.2, 0.25) is 5.91 Å². The van der Waals surface area contributed by atoms with Crippen molar-refractivity contribution in [1.82, 2.24) is 10.2 Å². The van der Waals surface area contributed by atoms with Gasteiger partial charge in [0.15, 0.2) is 0 Å². The van der Waals surface area contributed by atoms with Gasteiger partial charge in [-0.15, -0.1) is 0 Å². The van der Waals surface area contributed by atoms with E-state index in [0.29, 0.717) is 5.56 Å². The molecule has 1 aliphatic heterocycles. The lowest BCUT2D eigenvalue weighted by Gasteiger charge is -2.35. The number of phenolic OH excluding ortho intramolecular Hbond substituents is 1. The van der Waals surface area contributed by atoms with E-state index in [0.717, 1.165) is 17.8 Å². The Hall–Kier alpha value is -2.23. The molecule has 1 aliphatic rings. The van der Waals surface area contributed by atoms with Crippen LogP contribution in [0.5, 0.6) is 5.75 Å². The summed E-state index contributed by atoms with van der Waals surface area (Å²) in [6.45, 7) is 13.6. The maximum absolute atomic E-state index is 12.4. The molecule has 2 N–H and O–H groups in total. The van der Waals surface area contributed by atoms with Gasteiger partial charge in [-0.3, -0.25) is 4.79 Å². The van der Waals surface area contributed by atoms with E-state index in [1.54, 1.807) is 6.07 Å². The summed E-state index contributed by atoms with van der Waals surface area (Å²) >= 11 is 0. The molecule has 0 saturated carbocycles. The van der Waals surface area contributed by atoms with Gasteiger partial charge in [-0.2, -0.15) is 0 Å². The largest absolute Gasteiger partial charge is 0.508 e. The van der Waals surface area contributed by atoms with E-state index in [-0.39, 0.29) is 29.0 Å². The fraction of sp³-hybridized carbons (Fsp3) is 0.476. The molecule has 0 fully saturated rings. The third kappa shape index (κ3) is 5.12. The van der Waals surface area contributed by atoms with E-state index >= 15 is 0 Å². The van der Waals surface area contributed by atoms with Crippen LogP contribution in [0.3, 0.4) is 0 Å². The maximum Gasteiger partial charge on any atom is 0.228 e. The molecule has 0 aliphatic carbocycles. The van der Waals surface area contributed by atoms with Crippen molar-refractivity contribution in [3.05, 3.63) is 53.4 Å². The second-order valence-corrected chi connectivity index (χ2v) is 8.62. The molecule has 0 unspecified atom stereocenters. The highest BCUT2D eigenvalue weighted by molar-refractivity contribution is 5.81. The monoisotopic (exact) mass is 342 g/mol. The van der Waals surface area contributed by atoms with Gasteiger partial charge >= 0.3 is 0 Å². The minimum absolute atomic E-state index is 0.0238. The summed E-state index contributed by atoms with van der Waals surface area (Å²) in [4.78, 5) is 14.6. The van der Waals surface area contributed by atoms with Crippen LogP contribution < -0.4 is 5.32 Å². The van der Waals surface area contributed by atoms with Gasteiger partial charge in [0, 0.05) is 29.5 Å². The summed E-state index contributed by atoms with van der Waals surface area (Å²) in [6, 6.07) is 5.50. The fourth-order valence-electron chi connectivity index (χ4n) is 2.66. The molecule has 1 heterocycles. The number of hydrogen-bond donors (Lipinski definition) is 2. The highest BCUT2D eigenvalue weighted by Crippen LogP contribution is 2.27. The van der Waals surface area contributed by atoms with Crippen LogP contribution in [0.2, 0.25) is 0 Å². The van der Waals surface area contributed by atoms with Gasteiger partial charge in [-0.05, 0) is 50.0 Å². The SMILES string of the molecule is CC(C)(C)c1ccc(O)c(CC(=O)NC2=CCN(C(C)(C)C)C=C2)c1. The third-order valence-corrected chi connectivity index (χ3v) is 4.38. The second-order valence-electron chi connectivity index (χ2n) is 8.62. The zero-order valence-corrected chi connectivity index (χ0v) is 16.2. The van der Waals surface area contributed by atoms with Crippen molar-refractivity contribution in [1.29, 1.82) is 0 Å². The Morgan fingerprint density at radius 1 is 1.20 bits per heavy atom. The summed E-state index contributed by atoms with van der Waals surface area (Å²) in [5, 5.41) is 13.0. The first kappa shape index (κ1) is 19.1. The smallest absolute Gasteiger partial charge is 0.228 e. The number of hydrogen-bond acceptors (Lipinski definition) is 3. The number of allylic oxidation sites excluding steroid dienone is 1. The van der Waals surface area contributed by atoms with Crippen molar-refractivity contribution in [2.75, 3.05) is 6.54 Å². The second kappa shape index (κ2) is 6.95. The molecule has 2 rings (SSSR count). The standard InChI is InChI=1S/C21H30N2O2/c1-20(2,3)16-7-8-18(24)15(13-16)14-19(25)22-17-9-11-23(12-10-17)21(4,5)6/h7-11,13,24H,12,14H2,1-6H3,(H,22,25). The van der Waals surface area contributed by atoms with Crippen molar-refractivity contribution < 1.29 is 9.90 Å². The average Bonchev–Trinajstić information content (AvgIpc) is 2.48. The quantitative estimate of drug-likeness (QED) is 0.877. The van der Waals surface area contributed by atoms with Crippen LogP contribution in [0.1, 0.15) is 52.7 Å². The van der Waals surface area contributed by atoms with Gasteiger partial charge in [0.25, 0.3) is 0 Å². The zero-order chi connectivity index (χ0) is 18.8. The number of amides is 1. The van der Waals surface area contributed by atoms with Crippen molar-refractivity contribution in [3.8, 4) is 5.75 Å². The summed E-state index contributed by atoms with van der Waals surface area (Å²) in [5.74, 6) is 0.0386. The number of carbonyl (C=O) groups is 1. The zero-order valence-electron chi connectivity index (χ0n) is 16.2. The Kier molecular flexibility index (Phi) is 5.31. The molecule has 1 aromatic rings. The molecule has 4 heteroatoms. The Balaban J connectivity index is 2.02. The molecule has 0 radical (unpaired) electrons. The van der Waals surface area contributed by atoms with Crippen LogP contribution in [0.4, 0.5) is 0 Å². The van der Waals surface area contributed by atoms with E-state index in [4.69, 9.17) is 0 Å². The predicted molar refractivity (Wildman–Crippen MR) is 102 cm³/mol. The Morgan fingerprint density at radius 2 is 1.88 bits per heavy atom. The fourth-order valence-corrected chi connectivity index (χ4v) is 2.66. The van der Waals surface area contributed by atoms with Crippen LogP contribution in [0, 0.1) is 0 Å². The number of nitrogens with one attached hydrogen (secondary N) is 1. The highest BCUT2D eigenvalue weighted by atomic mass is 16.3. The summed E-state index contributed by atoms with van der Waals surface area (Å²) in [6.07, 6.45) is 6.09. The Bertz CT molecular complexity index is 704. The van der Waals surface area contributed by atoms with Crippen molar-refractivity contribution in [2.24, 2.45) is 0 Å². The molecule has 0 atom stereocenters. The minimum atomic E-state index is -0.124. The molecule has 0 bridgehead atoms. The average molecular weight is 342 g/mol. The molecule has 1 aromatic carbocycles. The lowest BCUT2D eigenvalue weighted by Crippen LogP contribution is -2.39. The van der Waals surface area contributed by atoms with E-state index in [1.807, 2.05) is 30.5 Å². The van der Waals surface area contributed by atoms with Crippen LogP contribution in [-0.2, 0) is 16.6 Å². The predicted octanol–water partition coefficient (Wildman–Crippen LogP) is 3.86. The molecule has 0 spiro atoms. The first-order valence-electron chi connectivity index (χ1n) is 8.74. The first-order chi connectivity index (χ1) is 11.5. The Labute approximate surface area is 151 Å². The molecule has 1 amide bonds. The van der Waals surface area contributed by atoms with E-state index in [2.05, 4.69) is 51.8 Å². The number of benzene rings is 1. The molecule has 0 saturated heterocycles. The summed E-state index contributed by atoms with van der Waals surface area (Å²) in [7, 11) is 0. The number of phenols is 1. The minimum Gasteiger partial charge on any atom is -0.508 e. The summed E-state index contributed by atoms with van der Waals surface area (Å²) < 4.78 is 0. The molecular weight excluding hydrogens is 312 g/mol. The number of aromatic hydroxyl groups is 1.